The number of hydrogen-bond donors (Lipinski definition) is 9. The Hall–Kier alpha value is -9.95. The fraction of sp³-hybridized carbons (Fsp3) is 0.413. The number of ether oxygens (including phenoxy) is 5. The number of nitro groups is 2. The summed E-state index contributed by atoms with van der Waals surface area (Å²) in [6.07, 6.45) is -12.5. The van der Waals surface area contributed by atoms with Crippen LogP contribution in [0.3, 0.4) is 0 Å². The molecule has 0 aliphatic carbocycles. The first-order chi connectivity index (χ1) is 51.8. The van der Waals surface area contributed by atoms with Gasteiger partial charge in [0.25, 0.3) is 48.6 Å². The van der Waals surface area contributed by atoms with Crippen molar-refractivity contribution in [2.24, 2.45) is 5.73 Å². The number of methoxy groups -OCH3 is 1. The van der Waals surface area contributed by atoms with Crippen molar-refractivity contribution in [1.82, 2.24) is 54.9 Å². The van der Waals surface area contributed by atoms with E-state index in [-0.39, 0.29) is 95.1 Å². The summed E-state index contributed by atoms with van der Waals surface area (Å²) in [6.45, 7) is -0.142. The molecule has 576 valence electrons. The molecule has 5 aliphatic heterocycles. The van der Waals surface area contributed by atoms with Gasteiger partial charge in [0.05, 0.1) is 96.3 Å². The van der Waals surface area contributed by atoms with Crippen molar-refractivity contribution in [2.75, 3.05) is 58.8 Å². The molecule has 11 rings (SSSR count). The van der Waals surface area contributed by atoms with E-state index in [2.05, 4.69) is 71.7 Å². The lowest BCUT2D eigenvalue weighted by Crippen LogP contribution is -2.49. The summed E-state index contributed by atoms with van der Waals surface area (Å²) in [7, 11) is -10.1. The van der Waals surface area contributed by atoms with Crippen molar-refractivity contribution >= 4 is 94.0 Å². The summed E-state index contributed by atoms with van der Waals surface area (Å²) in [5.41, 5.74) is 6.56. The van der Waals surface area contributed by atoms with Crippen LogP contribution in [0.25, 0.3) is 11.0 Å². The van der Waals surface area contributed by atoms with Crippen molar-refractivity contribution in [2.45, 2.75) is 113 Å². The van der Waals surface area contributed by atoms with Gasteiger partial charge in [-0.2, -0.15) is 0 Å². The Balaban J connectivity index is 0.812. The number of H-pyrrole nitrogens is 2. The van der Waals surface area contributed by atoms with E-state index in [1.54, 1.807) is 6.92 Å². The van der Waals surface area contributed by atoms with Gasteiger partial charge in [0.2, 0.25) is 16.1 Å². The molecule has 11 N–H and O–H groups in total. The van der Waals surface area contributed by atoms with Crippen LogP contribution < -0.4 is 65.0 Å². The number of aromatic nitrogens is 7. The van der Waals surface area contributed by atoms with Crippen LogP contribution in [0, 0.1) is 55.8 Å². The quantitative estimate of drug-likeness (QED) is 0.0147. The number of aromatic amines is 2. The van der Waals surface area contributed by atoms with Gasteiger partial charge in [0.15, 0.2) is 0 Å². The number of aliphatic hydroxyl groups excluding tert-OH is 1. The number of nitrogens with zero attached hydrogens (tertiary/aromatic N) is 7. The van der Waals surface area contributed by atoms with Gasteiger partial charge < -0.3 is 88.7 Å². The van der Waals surface area contributed by atoms with Gasteiger partial charge in [-0.25, -0.2) is 19.6 Å². The number of hydrogen-bond acceptors (Lipinski definition) is 34. The summed E-state index contributed by atoms with van der Waals surface area (Å²) in [4.78, 5) is 177. The SMILES string of the molecule is COC[C@H]1O[C@@H](n2cc(C#CCNC(=O)CN)c(=O)[nH]c2=O)C[C@@H]1OP(=O)([O-])OC[C@H]1O[C@@H](n2cc(C#Cc3ccc(C(C)OC4CNC(=O)SC4=O)c([N+](=O)[O-])c3)c(=O)[nH]c2=O)C[C@@H]1OP(=O)([O-])OC[C@H]1O[C@@H](n2cc(C#Cc3ccc(C(C)NC4CNC(=O)SC4=O)c([N+](=O)[O-])c3)c3c(N)ncnc32)C[C@@H]1O. The van der Waals surface area contributed by atoms with Gasteiger partial charge in [-0.05, 0) is 38.1 Å². The van der Waals surface area contributed by atoms with Gasteiger partial charge in [-0.1, -0.05) is 35.5 Å². The molecule has 5 saturated heterocycles. The first-order valence-electron chi connectivity index (χ1n) is 32.5. The minimum Gasteiger partial charge on any atom is -0.756 e. The molecule has 0 bridgehead atoms. The summed E-state index contributed by atoms with van der Waals surface area (Å²) in [5.74, 6) is 15.4. The van der Waals surface area contributed by atoms with E-state index in [1.807, 2.05) is 4.98 Å². The third-order valence-electron chi connectivity index (χ3n) is 17.2. The topological polar surface area (TPSA) is 596 Å². The number of nitrogen functional groups attached to an aromatic ring is 1. The third kappa shape index (κ3) is 19.4. The van der Waals surface area contributed by atoms with E-state index in [9.17, 15) is 87.4 Å². The maximum atomic E-state index is 14.1. The number of aliphatic hydroxyl groups is 1. The van der Waals surface area contributed by atoms with Crippen molar-refractivity contribution < 1.29 is 99.6 Å². The first kappa shape index (κ1) is 80.1. The number of rotatable bonds is 25. The number of phosphoric acid groups is 2. The lowest BCUT2D eigenvalue weighted by Gasteiger charge is -2.31. The monoisotopic (exact) mass is 1590 g/mol. The number of phosphoric ester groups is 2. The molecule has 109 heavy (non-hydrogen) atoms. The molecular weight excluding hydrogens is 1520 g/mol. The number of fused-ring (bicyclic) bond motifs is 1. The number of nitro benzene ring substituents is 2. The number of nitrogens with two attached hydrogens (primary N) is 2. The largest absolute Gasteiger partial charge is 0.756 e. The maximum Gasteiger partial charge on any atom is 0.330 e. The summed E-state index contributed by atoms with van der Waals surface area (Å²) in [6, 6.07) is 6.32. The highest BCUT2D eigenvalue weighted by Gasteiger charge is 2.45. The number of anilines is 1. The normalized spacial score (nSPS) is 24.2. The number of carbonyl (C=O) groups is 5. The van der Waals surface area contributed by atoms with Crippen LogP contribution in [-0.4, -0.2) is 177 Å². The molecule has 46 heteroatoms. The van der Waals surface area contributed by atoms with Crippen LogP contribution in [-0.2, 0) is 65.3 Å². The van der Waals surface area contributed by atoms with E-state index in [0.717, 1.165) is 33.9 Å². The van der Waals surface area contributed by atoms with Crippen LogP contribution in [0.5, 0.6) is 0 Å². The fourth-order valence-corrected chi connectivity index (χ4v) is 15.1. The second-order valence-corrected chi connectivity index (χ2v) is 29.1. The molecule has 4 aromatic heterocycles. The average molecular weight is 1590 g/mol. The molecule has 6 aromatic rings. The molecule has 15 atom stereocenters. The lowest BCUT2D eigenvalue weighted by molar-refractivity contribution is -0.386. The van der Waals surface area contributed by atoms with Crippen molar-refractivity contribution in [3.8, 4) is 35.5 Å². The van der Waals surface area contributed by atoms with E-state index in [4.69, 9.17) is 53.2 Å². The molecule has 2 aromatic carbocycles. The summed E-state index contributed by atoms with van der Waals surface area (Å²) >= 11 is 0.859. The molecule has 5 fully saturated rings. The van der Waals surface area contributed by atoms with Crippen LogP contribution >= 0.6 is 39.2 Å². The number of nitrogens with one attached hydrogen (secondary N) is 6. The minimum absolute atomic E-state index is 0.0130. The second-order valence-electron chi connectivity index (χ2n) is 24.4. The second kappa shape index (κ2) is 34.3. The average Bonchev–Trinajstić information content (AvgIpc) is 1.63. The molecule has 0 radical (unpaired) electrons. The highest BCUT2D eigenvalue weighted by atomic mass is 32.2. The number of benzene rings is 2. The Kier molecular flexibility index (Phi) is 25.2. The first-order valence-corrected chi connectivity index (χ1v) is 37.1. The van der Waals surface area contributed by atoms with Gasteiger partial charge in [-0.15, -0.1) is 0 Å². The van der Waals surface area contributed by atoms with Crippen LogP contribution in [0.4, 0.5) is 26.8 Å². The van der Waals surface area contributed by atoms with Crippen LogP contribution in [0.15, 0.2) is 80.5 Å². The van der Waals surface area contributed by atoms with E-state index in [0.29, 0.717) is 23.5 Å². The van der Waals surface area contributed by atoms with Gasteiger partial charge in [-0.3, -0.25) is 87.3 Å². The van der Waals surface area contributed by atoms with E-state index < -0.39 is 192 Å². The molecule has 6 unspecified atom stereocenters. The van der Waals surface area contributed by atoms with E-state index >= 15 is 0 Å². The molecule has 0 spiro atoms. The van der Waals surface area contributed by atoms with Crippen LogP contribution in [0.2, 0.25) is 0 Å². The molecule has 5 aliphatic rings. The zero-order valence-electron chi connectivity index (χ0n) is 56.9. The Bertz CT molecular complexity index is 5200. The Labute approximate surface area is 620 Å². The number of amides is 3. The maximum absolute atomic E-state index is 14.1. The molecule has 9 heterocycles. The smallest absolute Gasteiger partial charge is 0.330 e. The minimum atomic E-state index is -5.71. The predicted molar refractivity (Wildman–Crippen MR) is 373 cm³/mol. The van der Waals surface area contributed by atoms with Crippen LogP contribution in [0.1, 0.15) is 103 Å². The zero-order valence-corrected chi connectivity index (χ0v) is 60.3. The van der Waals surface area contributed by atoms with Gasteiger partial charge in [0.1, 0.15) is 72.0 Å². The fourth-order valence-electron chi connectivity index (χ4n) is 11.9. The zero-order chi connectivity index (χ0) is 78.3. The molecule has 3 amide bonds. The highest BCUT2D eigenvalue weighted by molar-refractivity contribution is 8.26. The molecular formula is C63H63N15O27P2S2-2. The van der Waals surface area contributed by atoms with Gasteiger partial charge >= 0.3 is 11.4 Å². The predicted octanol–water partition coefficient (Wildman–Crippen LogP) is -0.802. The standard InChI is InChI=1S/C63H65N15O27P2S2/c1-30(71-39-21-67-62(87)108-58(39)83)37-12-8-32(15-40(37)77(89)90)6-10-34-23-74(55-53(34)54(65)69-29-70-55)50-17-42(79)46(101-50)27-98-106(93,94)105-44-19-52(76-25-36(57(82)73-61(76)86)11-7-33-9-13-38(41(16-33)78(91)92)31(2)100-45-22-68-63(88)109-59(45)84)103-48(44)28-99-107(95,96)104-43-18-51(102-47(43)26-97-3)75-24-35(56(81)72-60(75)85)5-4-14-66-49(80)20-64/h8-9,12-13,15-16,23-25,29-31,39,42-48,50-52,71,79H,14,17-22,26-28,64H2,1-3H3,(H,66,80)(H,67,87)(H,68,88)(H,93,94)(H,95,96)(H2,65,69,70)(H,72,81,85)(H,73,82,86)/p-2/t30?,31?,39?,42-,43-,44-,45?,46+,47+,48+,50+,51+,52+/m0/s1. The Morgan fingerprint density at radius 1 is 0.716 bits per heavy atom. The number of thioether (sulfide) groups is 2. The van der Waals surface area contributed by atoms with Gasteiger partial charge in [0, 0.05) is 110 Å². The van der Waals surface area contributed by atoms with Crippen molar-refractivity contribution in [1.29, 1.82) is 0 Å². The van der Waals surface area contributed by atoms with E-state index in [1.165, 1.54) is 55.1 Å². The highest BCUT2D eigenvalue weighted by Crippen LogP contribution is 2.49. The third-order valence-corrected chi connectivity index (χ3v) is 20.8. The Morgan fingerprint density at radius 3 is 1.82 bits per heavy atom. The summed E-state index contributed by atoms with van der Waals surface area (Å²) < 4.78 is 81.8. The molecule has 42 nitrogen and oxygen atoms in total. The lowest BCUT2D eigenvalue weighted by atomic mass is 10.0. The molecule has 0 saturated carbocycles. The van der Waals surface area contributed by atoms with Crippen molar-refractivity contribution in [3.63, 3.8) is 0 Å². The Morgan fingerprint density at radius 2 is 1.24 bits per heavy atom. The van der Waals surface area contributed by atoms with Crippen molar-refractivity contribution in [3.05, 3.63) is 162 Å². The number of carbonyl (C=O) groups excluding carboxylic acids is 5. The summed E-state index contributed by atoms with van der Waals surface area (Å²) in [5, 5.41) is 44.5.